The molecule has 2 aliphatic rings. The number of fused-ring (bicyclic) bond motifs is 2. The molecular formula is C20H22N4O2S. The monoisotopic (exact) mass is 382 g/mol. The van der Waals surface area contributed by atoms with Crippen LogP contribution in [0.25, 0.3) is 22.6 Å². The van der Waals surface area contributed by atoms with Gasteiger partial charge in [-0.1, -0.05) is 18.2 Å². The summed E-state index contributed by atoms with van der Waals surface area (Å²) in [7, 11) is 0. The van der Waals surface area contributed by atoms with Crippen molar-refractivity contribution in [2.75, 3.05) is 5.75 Å². The fourth-order valence-electron chi connectivity index (χ4n) is 2.92. The van der Waals surface area contributed by atoms with Crippen LogP contribution in [0.5, 0.6) is 0 Å². The summed E-state index contributed by atoms with van der Waals surface area (Å²) in [5.74, 6) is 1.10. The van der Waals surface area contributed by atoms with E-state index in [9.17, 15) is 9.59 Å². The standard InChI is InChI=1S/C20H22N4O2S/c1-5-7-14(6-2)27-9-8-24-16-11-13(4)12(3)10-15(16)21-17-18(24)22-20(26)23-19(17)25/h5-7,10-11H,8-9H2,1-4H3,(H,23,25,26). The van der Waals surface area contributed by atoms with E-state index in [1.807, 2.05) is 50.5 Å². The molecule has 3 rings (SSSR count). The molecule has 0 unspecified atom stereocenters. The largest absolute Gasteiger partial charge is 0.349 e. The Morgan fingerprint density at radius 2 is 1.93 bits per heavy atom. The van der Waals surface area contributed by atoms with Gasteiger partial charge in [0.15, 0.2) is 11.5 Å². The fraction of sp³-hybridized carbons (Fsp3) is 0.300. The van der Waals surface area contributed by atoms with Gasteiger partial charge in [-0.25, -0.2) is 9.78 Å². The Labute approximate surface area is 161 Å². The lowest BCUT2D eigenvalue weighted by Crippen LogP contribution is -2.29. The number of benzene rings is 1. The maximum absolute atomic E-state index is 12.3. The average molecular weight is 382 g/mol. The van der Waals surface area contributed by atoms with Crippen molar-refractivity contribution in [2.45, 2.75) is 34.2 Å². The van der Waals surface area contributed by atoms with Crippen LogP contribution >= 0.6 is 11.8 Å². The van der Waals surface area contributed by atoms with Gasteiger partial charge >= 0.3 is 5.69 Å². The summed E-state index contributed by atoms with van der Waals surface area (Å²) in [6.07, 6.45) is 6.12. The van der Waals surface area contributed by atoms with E-state index >= 15 is 0 Å². The first-order valence-corrected chi connectivity index (χ1v) is 9.76. The van der Waals surface area contributed by atoms with E-state index < -0.39 is 11.2 Å². The lowest BCUT2D eigenvalue weighted by atomic mass is 10.1. The highest BCUT2D eigenvalue weighted by Crippen LogP contribution is 2.25. The molecule has 2 aliphatic heterocycles. The Morgan fingerprint density at radius 1 is 1.19 bits per heavy atom. The molecule has 7 heteroatoms. The molecule has 1 aromatic carbocycles. The quantitative estimate of drug-likeness (QED) is 0.540. The number of thioether (sulfide) groups is 1. The van der Waals surface area contributed by atoms with Gasteiger partial charge in [-0.3, -0.25) is 9.78 Å². The lowest BCUT2D eigenvalue weighted by molar-refractivity contribution is 0.768. The zero-order valence-corrected chi connectivity index (χ0v) is 16.7. The van der Waals surface area contributed by atoms with Crippen molar-refractivity contribution in [3.8, 4) is 11.5 Å². The van der Waals surface area contributed by atoms with E-state index in [0.29, 0.717) is 12.4 Å². The third-order valence-corrected chi connectivity index (χ3v) is 5.52. The first-order chi connectivity index (χ1) is 12.9. The molecule has 0 bridgehead atoms. The summed E-state index contributed by atoms with van der Waals surface area (Å²) >= 11 is 1.72. The number of nitrogens with one attached hydrogen (secondary N) is 1. The lowest BCUT2D eigenvalue weighted by Gasteiger charge is -2.17. The van der Waals surface area contributed by atoms with Crippen LogP contribution in [0, 0.1) is 13.8 Å². The van der Waals surface area contributed by atoms with Gasteiger partial charge in [0.2, 0.25) is 0 Å². The fourth-order valence-corrected chi connectivity index (χ4v) is 3.83. The van der Waals surface area contributed by atoms with E-state index in [4.69, 9.17) is 0 Å². The Kier molecular flexibility index (Phi) is 5.60. The molecule has 0 spiro atoms. The van der Waals surface area contributed by atoms with Crippen molar-refractivity contribution in [1.29, 1.82) is 0 Å². The number of hydrogen-bond donors (Lipinski definition) is 1. The van der Waals surface area contributed by atoms with Crippen LogP contribution in [0.3, 0.4) is 0 Å². The van der Waals surface area contributed by atoms with Crippen LogP contribution in [0.2, 0.25) is 0 Å². The van der Waals surface area contributed by atoms with Gasteiger partial charge in [0.25, 0.3) is 5.56 Å². The molecule has 2 heterocycles. The number of H-pyrrole nitrogens is 1. The minimum atomic E-state index is -0.651. The first kappa shape index (κ1) is 19.1. The van der Waals surface area contributed by atoms with Crippen LogP contribution in [-0.4, -0.2) is 25.3 Å². The first-order valence-electron chi connectivity index (χ1n) is 8.78. The highest BCUT2D eigenvalue weighted by Gasteiger charge is 2.19. The average Bonchev–Trinajstić information content (AvgIpc) is 2.62. The van der Waals surface area contributed by atoms with E-state index in [-0.39, 0.29) is 5.69 Å². The molecule has 0 radical (unpaired) electrons. The number of nitrogens with zero attached hydrogens (tertiary/aromatic N) is 3. The Hall–Kier alpha value is -2.67. The molecule has 6 nitrogen and oxygen atoms in total. The van der Waals surface area contributed by atoms with Crippen LogP contribution in [0.4, 0.5) is 0 Å². The smallest absolute Gasteiger partial charge is 0.321 e. The van der Waals surface area contributed by atoms with E-state index in [0.717, 1.165) is 27.9 Å². The van der Waals surface area contributed by atoms with Gasteiger partial charge in [0.1, 0.15) is 0 Å². The highest BCUT2D eigenvalue weighted by molar-refractivity contribution is 8.03. The third-order valence-electron chi connectivity index (χ3n) is 4.42. The Morgan fingerprint density at radius 3 is 2.63 bits per heavy atom. The molecule has 0 saturated heterocycles. The molecule has 0 amide bonds. The molecule has 140 valence electrons. The zero-order chi connectivity index (χ0) is 19.6. The maximum atomic E-state index is 12.3. The minimum Gasteiger partial charge on any atom is -0.321 e. The summed E-state index contributed by atoms with van der Waals surface area (Å²) in [4.78, 5) is 36.0. The summed E-state index contributed by atoms with van der Waals surface area (Å²) in [6.45, 7) is 8.64. The normalized spacial score (nSPS) is 12.5. The second-order valence-corrected chi connectivity index (χ2v) is 7.44. The van der Waals surface area contributed by atoms with Gasteiger partial charge in [-0.15, -0.1) is 11.8 Å². The van der Waals surface area contributed by atoms with Crippen molar-refractivity contribution in [1.82, 2.24) is 19.5 Å². The molecule has 1 aromatic rings. The van der Waals surface area contributed by atoms with Crippen molar-refractivity contribution in [2.24, 2.45) is 0 Å². The summed E-state index contributed by atoms with van der Waals surface area (Å²) < 4.78 is 1.93. The molecule has 1 N–H and O–H groups in total. The third kappa shape index (κ3) is 3.88. The van der Waals surface area contributed by atoms with Crippen molar-refractivity contribution in [3.05, 3.63) is 67.2 Å². The van der Waals surface area contributed by atoms with Crippen LogP contribution in [0.1, 0.15) is 25.0 Å². The van der Waals surface area contributed by atoms with Crippen LogP contribution in [-0.2, 0) is 6.54 Å². The SMILES string of the molecule is CC=CC(=CC)SCCn1c2nc(=O)[nH]c(=O)c-2nc2cc(C)c(C)cc21. The second kappa shape index (κ2) is 7.92. The molecule has 0 aliphatic carbocycles. The molecule has 27 heavy (non-hydrogen) atoms. The van der Waals surface area contributed by atoms with E-state index in [1.165, 1.54) is 4.91 Å². The molecule has 0 atom stereocenters. The van der Waals surface area contributed by atoms with Gasteiger partial charge in [0.05, 0.1) is 11.0 Å². The minimum absolute atomic E-state index is 0.190. The number of hydrogen-bond acceptors (Lipinski definition) is 5. The summed E-state index contributed by atoms with van der Waals surface area (Å²) in [5, 5.41) is 0. The molecule has 0 saturated carbocycles. The number of rotatable bonds is 5. The van der Waals surface area contributed by atoms with Crippen molar-refractivity contribution >= 4 is 22.8 Å². The highest BCUT2D eigenvalue weighted by atomic mass is 32.2. The van der Waals surface area contributed by atoms with Crippen LogP contribution < -0.4 is 11.2 Å². The number of aryl methyl sites for hydroxylation is 3. The molecule has 0 fully saturated rings. The number of allylic oxidation sites excluding steroid dienone is 3. The number of aromatic amines is 1. The topological polar surface area (TPSA) is 80.6 Å². The molecular weight excluding hydrogens is 360 g/mol. The number of aromatic nitrogens is 4. The second-order valence-electron chi connectivity index (χ2n) is 6.27. The van der Waals surface area contributed by atoms with Gasteiger partial charge < -0.3 is 4.57 Å². The van der Waals surface area contributed by atoms with E-state index in [2.05, 4.69) is 27.1 Å². The predicted molar refractivity (Wildman–Crippen MR) is 112 cm³/mol. The van der Waals surface area contributed by atoms with Gasteiger partial charge in [-0.2, -0.15) is 4.98 Å². The van der Waals surface area contributed by atoms with Crippen LogP contribution in [0.15, 0.2) is 44.9 Å². The van der Waals surface area contributed by atoms with Crippen molar-refractivity contribution < 1.29 is 0 Å². The van der Waals surface area contributed by atoms with Gasteiger partial charge in [-0.05, 0) is 51.0 Å². The Bertz CT molecular complexity index is 1140. The molecule has 0 aromatic heterocycles. The van der Waals surface area contributed by atoms with Gasteiger partial charge in [0, 0.05) is 17.2 Å². The predicted octanol–water partition coefficient (Wildman–Crippen LogP) is 3.41. The van der Waals surface area contributed by atoms with E-state index in [1.54, 1.807) is 11.8 Å². The maximum Gasteiger partial charge on any atom is 0.349 e. The zero-order valence-electron chi connectivity index (χ0n) is 15.9. The van der Waals surface area contributed by atoms with Crippen molar-refractivity contribution in [3.63, 3.8) is 0 Å². The summed E-state index contributed by atoms with van der Waals surface area (Å²) in [6, 6.07) is 4.01. The summed E-state index contributed by atoms with van der Waals surface area (Å²) in [5.41, 5.74) is 2.86. The Balaban J connectivity index is 2.16.